The largest absolute Gasteiger partial charge is 0.466 e. The Morgan fingerprint density at radius 3 is 2.02 bits per heavy atom. The lowest BCUT2D eigenvalue weighted by atomic mass is 9.91. The molecule has 232 valence electrons. The van der Waals surface area contributed by atoms with Crippen LogP contribution in [0.25, 0.3) is 0 Å². The average molecular weight is 606 g/mol. The topological polar surface area (TPSA) is 164 Å². The summed E-state index contributed by atoms with van der Waals surface area (Å²) in [7, 11) is 0.707. The van der Waals surface area contributed by atoms with E-state index in [9.17, 15) is 42.3 Å². The third kappa shape index (κ3) is 6.59. The second-order valence-corrected chi connectivity index (χ2v) is 9.58. The zero-order valence-corrected chi connectivity index (χ0v) is 23.3. The molecular weight excluding hydrogens is 575 g/mol. The lowest BCUT2D eigenvalue weighted by molar-refractivity contribution is -0.266. The summed E-state index contributed by atoms with van der Waals surface area (Å²) in [6.45, 7) is 3.93. The third-order valence-corrected chi connectivity index (χ3v) is 6.59. The summed E-state index contributed by atoms with van der Waals surface area (Å²) in [4.78, 5) is 61.2. The lowest BCUT2D eigenvalue weighted by Gasteiger charge is -2.47. The minimum atomic E-state index is -5.41. The van der Waals surface area contributed by atoms with Gasteiger partial charge in [0.25, 0.3) is 5.60 Å². The molecule has 0 amide bonds. The molecule has 0 radical (unpaired) electrons. The molecule has 1 aromatic carbocycles. The lowest BCUT2D eigenvalue weighted by Crippen LogP contribution is -2.66. The number of methoxy groups -OCH3 is 1. The number of alkyl halides is 3. The highest BCUT2D eigenvalue weighted by Crippen LogP contribution is 2.43. The SMILES string of the molecule is COC(=O)[C@](O)(c1ccc2c(c1)CCN2[C@@H]1O[C@H](COC(C)=O)[C@H](OC(C)=O)[C@H](OC(C)=O)[C@H]1OC(C)=O)C(F)(F)F. The highest BCUT2D eigenvalue weighted by molar-refractivity contribution is 5.82. The van der Waals surface area contributed by atoms with Crippen LogP contribution in [0, 0.1) is 0 Å². The van der Waals surface area contributed by atoms with E-state index in [-0.39, 0.29) is 24.2 Å². The number of halogens is 3. The Bertz CT molecular complexity index is 1240. The molecule has 2 heterocycles. The van der Waals surface area contributed by atoms with Gasteiger partial charge in [-0.2, -0.15) is 13.2 Å². The summed E-state index contributed by atoms with van der Waals surface area (Å²) in [6, 6.07) is 3.07. The first-order valence-corrected chi connectivity index (χ1v) is 12.6. The van der Waals surface area contributed by atoms with Gasteiger partial charge >= 0.3 is 36.0 Å². The number of carbonyl (C=O) groups excluding carboxylic acids is 5. The van der Waals surface area contributed by atoms with Crippen molar-refractivity contribution in [2.45, 2.75) is 76.5 Å². The smallest absolute Gasteiger partial charge is 0.432 e. The molecule has 2 aliphatic rings. The van der Waals surface area contributed by atoms with Gasteiger partial charge in [0, 0.05) is 45.5 Å². The number of esters is 5. The van der Waals surface area contributed by atoms with Crippen molar-refractivity contribution in [3.05, 3.63) is 29.3 Å². The first-order chi connectivity index (χ1) is 19.5. The molecule has 1 N–H and O–H groups in total. The molecule has 3 rings (SSSR count). The molecule has 16 heteroatoms. The molecule has 42 heavy (non-hydrogen) atoms. The minimum Gasteiger partial charge on any atom is -0.466 e. The zero-order valence-electron chi connectivity index (χ0n) is 23.3. The average Bonchev–Trinajstić information content (AvgIpc) is 3.30. The van der Waals surface area contributed by atoms with E-state index in [4.69, 9.17) is 23.7 Å². The molecule has 1 aromatic rings. The summed E-state index contributed by atoms with van der Waals surface area (Å²) in [5, 5.41) is 10.4. The van der Waals surface area contributed by atoms with Crippen LogP contribution in [0.4, 0.5) is 18.9 Å². The minimum absolute atomic E-state index is 0.0647. The van der Waals surface area contributed by atoms with E-state index in [0.717, 1.165) is 39.8 Å². The predicted molar refractivity (Wildman–Crippen MR) is 131 cm³/mol. The summed E-state index contributed by atoms with van der Waals surface area (Å²) < 4.78 is 73.1. The molecule has 6 atom stereocenters. The molecule has 1 saturated heterocycles. The summed E-state index contributed by atoms with van der Waals surface area (Å²) in [5.41, 5.74) is -4.21. The fourth-order valence-electron chi connectivity index (χ4n) is 4.92. The van der Waals surface area contributed by atoms with Gasteiger partial charge in [0.15, 0.2) is 24.5 Å². The quantitative estimate of drug-likeness (QED) is 0.331. The van der Waals surface area contributed by atoms with E-state index in [1.165, 1.54) is 11.0 Å². The Balaban J connectivity index is 2.10. The van der Waals surface area contributed by atoms with Gasteiger partial charge in [0.1, 0.15) is 12.7 Å². The van der Waals surface area contributed by atoms with Gasteiger partial charge in [0.2, 0.25) is 0 Å². The van der Waals surface area contributed by atoms with Gasteiger partial charge in [-0.05, 0) is 24.1 Å². The van der Waals surface area contributed by atoms with E-state index in [1.807, 2.05) is 0 Å². The van der Waals surface area contributed by atoms with Gasteiger partial charge in [-0.25, -0.2) is 4.79 Å². The molecule has 0 bridgehead atoms. The van der Waals surface area contributed by atoms with E-state index in [1.54, 1.807) is 0 Å². The monoisotopic (exact) mass is 605 g/mol. The van der Waals surface area contributed by atoms with Crippen LogP contribution in [0.1, 0.15) is 38.8 Å². The maximum Gasteiger partial charge on any atom is 0.432 e. The van der Waals surface area contributed by atoms with Crippen molar-refractivity contribution in [3.63, 3.8) is 0 Å². The summed E-state index contributed by atoms with van der Waals surface area (Å²) >= 11 is 0. The Morgan fingerprint density at radius 1 is 0.929 bits per heavy atom. The van der Waals surface area contributed by atoms with Crippen molar-refractivity contribution in [1.29, 1.82) is 0 Å². The molecule has 0 aromatic heterocycles. The predicted octanol–water partition coefficient (Wildman–Crippen LogP) is 1.06. The first-order valence-electron chi connectivity index (χ1n) is 12.6. The van der Waals surface area contributed by atoms with Crippen molar-refractivity contribution in [2.24, 2.45) is 0 Å². The first kappa shape index (κ1) is 32.6. The van der Waals surface area contributed by atoms with Crippen LogP contribution in [0.5, 0.6) is 0 Å². The Hall–Kier alpha value is -3.92. The molecular formula is C26H30F3NO12. The molecule has 2 aliphatic heterocycles. The number of benzene rings is 1. The highest BCUT2D eigenvalue weighted by Gasteiger charge is 2.62. The van der Waals surface area contributed by atoms with E-state index >= 15 is 0 Å². The molecule has 0 aliphatic carbocycles. The van der Waals surface area contributed by atoms with Gasteiger partial charge in [0.05, 0.1) is 7.11 Å². The van der Waals surface area contributed by atoms with Gasteiger partial charge in [-0.3, -0.25) is 19.2 Å². The van der Waals surface area contributed by atoms with Gasteiger partial charge in [-0.15, -0.1) is 0 Å². The van der Waals surface area contributed by atoms with Crippen molar-refractivity contribution in [2.75, 3.05) is 25.2 Å². The number of hydrogen-bond acceptors (Lipinski definition) is 13. The van der Waals surface area contributed by atoms with Crippen LogP contribution >= 0.6 is 0 Å². The van der Waals surface area contributed by atoms with Crippen LogP contribution < -0.4 is 4.90 Å². The Morgan fingerprint density at radius 2 is 1.50 bits per heavy atom. The summed E-state index contributed by atoms with van der Waals surface area (Å²) in [5.74, 6) is -5.10. The number of aliphatic hydroxyl groups is 1. The van der Waals surface area contributed by atoms with Crippen molar-refractivity contribution in [1.82, 2.24) is 0 Å². The van der Waals surface area contributed by atoms with Crippen LogP contribution in [-0.2, 0) is 64.4 Å². The standard InChI is InChI=1S/C26H30F3NO12/c1-12(31)38-11-19-20(39-13(2)32)21(40-14(3)33)22(41-15(4)34)23(42-19)30-9-8-16-10-17(6-7-18(16)30)25(36,24(35)37-5)26(27,28)29/h6-7,10,19-23,36H,8-9,11H2,1-5H3/t19-,20+,21+,22-,23-,25-/m1/s1. The van der Waals surface area contributed by atoms with Crippen LogP contribution in [0.2, 0.25) is 0 Å². The van der Waals surface area contributed by atoms with Crippen molar-refractivity contribution >= 4 is 35.5 Å². The number of ether oxygens (including phenoxy) is 6. The van der Waals surface area contributed by atoms with Crippen LogP contribution in [0.3, 0.4) is 0 Å². The van der Waals surface area contributed by atoms with Crippen LogP contribution in [0.15, 0.2) is 18.2 Å². The maximum absolute atomic E-state index is 13.8. The fourth-order valence-corrected chi connectivity index (χ4v) is 4.92. The fraction of sp³-hybridized carbons (Fsp3) is 0.577. The second-order valence-electron chi connectivity index (χ2n) is 9.58. The molecule has 0 spiro atoms. The highest BCUT2D eigenvalue weighted by atomic mass is 19.4. The molecule has 1 fully saturated rings. The van der Waals surface area contributed by atoms with E-state index in [0.29, 0.717) is 7.11 Å². The Labute approximate surface area is 237 Å². The number of carbonyl (C=O) groups is 5. The maximum atomic E-state index is 13.8. The number of nitrogens with zero attached hydrogens (tertiary/aromatic N) is 1. The third-order valence-electron chi connectivity index (χ3n) is 6.59. The Kier molecular flexibility index (Phi) is 9.72. The zero-order chi connectivity index (χ0) is 31.6. The number of rotatable bonds is 8. The van der Waals surface area contributed by atoms with Gasteiger partial charge < -0.3 is 38.4 Å². The van der Waals surface area contributed by atoms with Gasteiger partial charge in [-0.1, -0.05) is 6.07 Å². The van der Waals surface area contributed by atoms with E-state index in [2.05, 4.69) is 4.74 Å². The number of anilines is 1. The second kappa shape index (κ2) is 12.5. The number of hydrogen-bond donors (Lipinski definition) is 1. The molecule has 0 unspecified atom stereocenters. The van der Waals surface area contributed by atoms with E-state index < -0.39 is 84.4 Å². The normalized spacial score (nSPS) is 25.0. The van der Waals surface area contributed by atoms with Crippen molar-refractivity contribution in [3.8, 4) is 0 Å². The van der Waals surface area contributed by atoms with Crippen molar-refractivity contribution < 1.29 is 70.7 Å². The molecule has 0 saturated carbocycles. The molecule has 13 nitrogen and oxygen atoms in total. The summed E-state index contributed by atoms with van der Waals surface area (Å²) in [6.07, 6.45) is -12.1. The number of fused-ring (bicyclic) bond motifs is 1. The van der Waals surface area contributed by atoms with Crippen LogP contribution in [-0.4, -0.2) is 92.0 Å².